The third-order valence-corrected chi connectivity index (χ3v) is 4.24. The number of piperidine rings is 2. The molecule has 2 heterocycles. The molecular formula is C13H21F3N2O. The zero-order valence-electron chi connectivity index (χ0n) is 11.2. The Morgan fingerprint density at radius 3 is 2.37 bits per heavy atom. The van der Waals surface area contributed by atoms with E-state index in [2.05, 4.69) is 5.32 Å². The van der Waals surface area contributed by atoms with Crippen LogP contribution in [-0.4, -0.2) is 42.7 Å². The lowest BCUT2D eigenvalue weighted by molar-refractivity contribution is -0.187. The van der Waals surface area contributed by atoms with Crippen molar-refractivity contribution in [1.29, 1.82) is 0 Å². The highest BCUT2D eigenvalue weighted by Crippen LogP contribution is 2.34. The molecule has 0 aromatic heterocycles. The fourth-order valence-corrected chi connectivity index (χ4v) is 3.04. The first-order valence-corrected chi connectivity index (χ1v) is 6.97. The van der Waals surface area contributed by atoms with Crippen LogP contribution in [0.2, 0.25) is 0 Å². The molecule has 2 aliphatic rings. The average molecular weight is 278 g/mol. The van der Waals surface area contributed by atoms with Crippen molar-refractivity contribution in [3.63, 3.8) is 0 Å². The maximum atomic E-state index is 12.6. The van der Waals surface area contributed by atoms with Gasteiger partial charge in [0.1, 0.15) is 0 Å². The van der Waals surface area contributed by atoms with Gasteiger partial charge < -0.3 is 10.2 Å². The third kappa shape index (κ3) is 3.61. The maximum Gasteiger partial charge on any atom is 0.391 e. The lowest BCUT2D eigenvalue weighted by Gasteiger charge is -2.36. The van der Waals surface area contributed by atoms with Crippen LogP contribution in [0.4, 0.5) is 13.2 Å². The minimum Gasteiger partial charge on any atom is -0.342 e. The third-order valence-electron chi connectivity index (χ3n) is 4.24. The summed E-state index contributed by atoms with van der Waals surface area (Å²) in [4.78, 5) is 13.9. The van der Waals surface area contributed by atoms with E-state index in [-0.39, 0.29) is 37.8 Å². The van der Waals surface area contributed by atoms with E-state index in [1.807, 2.05) is 6.92 Å². The molecule has 19 heavy (non-hydrogen) atoms. The highest BCUT2D eigenvalue weighted by atomic mass is 19.4. The fourth-order valence-electron chi connectivity index (χ4n) is 3.04. The van der Waals surface area contributed by atoms with Gasteiger partial charge in [0.15, 0.2) is 0 Å². The molecule has 0 aromatic rings. The number of halogens is 3. The standard InChI is InChI=1S/C13H21F3N2O/c1-9-8-10(2-5-17-9)12(19)18-6-3-11(4-7-18)13(14,15)16/h9-11,17H,2-8H2,1H3. The smallest absolute Gasteiger partial charge is 0.342 e. The van der Waals surface area contributed by atoms with E-state index in [1.54, 1.807) is 4.90 Å². The van der Waals surface area contributed by atoms with Crippen LogP contribution in [0, 0.1) is 11.8 Å². The summed E-state index contributed by atoms with van der Waals surface area (Å²) >= 11 is 0. The molecule has 3 nitrogen and oxygen atoms in total. The van der Waals surface area contributed by atoms with Gasteiger partial charge in [0.05, 0.1) is 5.92 Å². The second kappa shape index (κ2) is 5.69. The van der Waals surface area contributed by atoms with E-state index >= 15 is 0 Å². The van der Waals surface area contributed by atoms with Crippen molar-refractivity contribution in [1.82, 2.24) is 10.2 Å². The Balaban J connectivity index is 1.85. The summed E-state index contributed by atoms with van der Waals surface area (Å²) in [5.41, 5.74) is 0. The molecule has 6 heteroatoms. The Hall–Kier alpha value is -0.780. The molecule has 2 unspecified atom stereocenters. The second-order valence-corrected chi connectivity index (χ2v) is 5.72. The minimum absolute atomic E-state index is 0.0151. The van der Waals surface area contributed by atoms with Crippen molar-refractivity contribution >= 4 is 5.91 Å². The molecule has 0 aliphatic carbocycles. The van der Waals surface area contributed by atoms with Gasteiger partial charge in [0, 0.05) is 25.0 Å². The number of hydrogen-bond acceptors (Lipinski definition) is 2. The van der Waals surface area contributed by atoms with Crippen LogP contribution in [0.5, 0.6) is 0 Å². The van der Waals surface area contributed by atoms with Gasteiger partial charge in [-0.2, -0.15) is 13.2 Å². The molecule has 0 radical (unpaired) electrons. The van der Waals surface area contributed by atoms with Crippen LogP contribution >= 0.6 is 0 Å². The maximum absolute atomic E-state index is 12.6. The highest BCUT2D eigenvalue weighted by molar-refractivity contribution is 5.79. The van der Waals surface area contributed by atoms with Gasteiger partial charge in [-0.3, -0.25) is 4.79 Å². The quantitative estimate of drug-likeness (QED) is 0.797. The summed E-state index contributed by atoms with van der Waals surface area (Å²) < 4.78 is 37.7. The first-order valence-electron chi connectivity index (χ1n) is 6.97. The number of carbonyl (C=O) groups excluding carboxylic acids is 1. The topological polar surface area (TPSA) is 32.3 Å². The summed E-state index contributed by atoms with van der Waals surface area (Å²) in [5.74, 6) is -1.20. The van der Waals surface area contributed by atoms with Gasteiger partial charge in [-0.15, -0.1) is 0 Å². The lowest BCUT2D eigenvalue weighted by atomic mass is 9.90. The molecule has 2 atom stereocenters. The molecule has 2 rings (SSSR count). The van der Waals surface area contributed by atoms with E-state index in [1.165, 1.54) is 0 Å². The number of amides is 1. The molecule has 2 aliphatic heterocycles. The molecule has 1 amide bonds. The van der Waals surface area contributed by atoms with Crippen LogP contribution in [-0.2, 0) is 4.79 Å². The number of alkyl halides is 3. The molecule has 0 spiro atoms. The number of carbonyl (C=O) groups is 1. The van der Waals surface area contributed by atoms with Crippen LogP contribution in [0.25, 0.3) is 0 Å². The zero-order chi connectivity index (χ0) is 14.0. The largest absolute Gasteiger partial charge is 0.391 e. The number of nitrogens with zero attached hydrogens (tertiary/aromatic N) is 1. The van der Waals surface area contributed by atoms with Crippen molar-refractivity contribution in [3.05, 3.63) is 0 Å². The highest BCUT2D eigenvalue weighted by Gasteiger charge is 2.42. The van der Waals surface area contributed by atoms with Crippen LogP contribution in [0.3, 0.4) is 0 Å². The Kier molecular flexibility index (Phi) is 4.38. The normalized spacial score (nSPS) is 30.4. The molecular weight excluding hydrogens is 257 g/mol. The monoisotopic (exact) mass is 278 g/mol. The van der Waals surface area contributed by atoms with Gasteiger partial charge in [-0.1, -0.05) is 0 Å². The van der Waals surface area contributed by atoms with Crippen molar-refractivity contribution in [3.8, 4) is 0 Å². The molecule has 2 saturated heterocycles. The van der Waals surface area contributed by atoms with Crippen molar-refractivity contribution in [2.24, 2.45) is 11.8 Å². The van der Waals surface area contributed by atoms with Gasteiger partial charge in [0.2, 0.25) is 5.91 Å². The molecule has 1 N–H and O–H groups in total. The van der Waals surface area contributed by atoms with Gasteiger partial charge in [-0.25, -0.2) is 0 Å². The van der Waals surface area contributed by atoms with Gasteiger partial charge in [0.25, 0.3) is 0 Å². The summed E-state index contributed by atoms with van der Waals surface area (Å²) in [7, 11) is 0. The number of likely N-dealkylation sites (tertiary alicyclic amines) is 1. The number of nitrogens with one attached hydrogen (secondary N) is 1. The number of rotatable bonds is 1. The van der Waals surface area contributed by atoms with Crippen LogP contribution in [0.15, 0.2) is 0 Å². The lowest BCUT2D eigenvalue weighted by Crippen LogP contribution is -2.47. The van der Waals surface area contributed by atoms with E-state index in [0.29, 0.717) is 6.04 Å². The van der Waals surface area contributed by atoms with Crippen molar-refractivity contribution < 1.29 is 18.0 Å². The molecule has 0 bridgehead atoms. The molecule has 2 fully saturated rings. The summed E-state index contributed by atoms with van der Waals surface area (Å²) in [5, 5.41) is 3.28. The summed E-state index contributed by atoms with van der Waals surface area (Å²) in [6.07, 6.45) is -2.43. The molecule has 0 saturated carbocycles. The Morgan fingerprint density at radius 1 is 1.21 bits per heavy atom. The molecule has 0 aromatic carbocycles. The average Bonchev–Trinajstić information content (AvgIpc) is 2.37. The van der Waals surface area contributed by atoms with Gasteiger partial charge >= 0.3 is 6.18 Å². The summed E-state index contributed by atoms with van der Waals surface area (Å²) in [6.45, 7) is 3.36. The second-order valence-electron chi connectivity index (χ2n) is 5.72. The van der Waals surface area contributed by atoms with Crippen LogP contribution in [0.1, 0.15) is 32.6 Å². The fraction of sp³-hybridized carbons (Fsp3) is 0.923. The SMILES string of the molecule is CC1CC(C(=O)N2CCC(C(F)(F)F)CC2)CCN1. The summed E-state index contributed by atoms with van der Waals surface area (Å²) in [6, 6.07) is 0.315. The minimum atomic E-state index is -4.11. The predicted molar refractivity (Wildman–Crippen MR) is 65.5 cm³/mol. The van der Waals surface area contributed by atoms with Crippen molar-refractivity contribution in [2.45, 2.75) is 44.8 Å². The first-order chi connectivity index (χ1) is 8.88. The molecule has 110 valence electrons. The van der Waals surface area contributed by atoms with Crippen molar-refractivity contribution in [2.75, 3.05) is 19.6 Å². The Morgan fingerprint density at radius 2 is 1.84 bits per heavy atom. The van der Waals surface area contributed by atoms with E-state index in [4.69, 9.17) is 0 Å². The van der Waals surface area contributed by atoms with Gasteiger partial charge in [-0.05, 0) is 39.2 Å². The predicted octanol–water partition coefficient (Wildman–Crippen LogP) is 2.18. The Bertz CT molecular complexity index is 324. The number of hydrogen-bond donors (Lipinski definition) is 1. The zero-order valence-corrected chi connectivity index (χ0v) is 11.2. The van der Waals surface area contributed by atoms with E-state index < -0.39 is 12.1 Å². The first kappa shape index (κ1) is 14.6. The Labute approximate surface area is 111 Å². The van der Waals surface area contributed by atoms with Crippen LogP contribution < -0.4 is 5.32 Å². The van der Waals surface area contributed by atoms with E-state index in [9.17, 15) is 18.0 Å². The van der Waals surface area contributed by atoms with E-state index in [0.717, 1.165) is 19.4 Å².